The first-order valence-corrected chi connectivity index (χ1v) is 12.2. The van der Waals surface area contributed by atoms with Crippen molar-refractivity contribution in [2.45, 2.75) is 78.7 Å². The molecule has 1 aromatic heterocycles. The molecule has 1 aromatic carbocycles. The minimum absolute atomic E-state index is 0.00935. The van der Waals surface area contributed by atoms with Gasteiger partial charge in [-0.3, -0.25) is 0 Å². The van der Waals surface area contributed by atoms with Gasteiger partial charge in [0.05, 0.1) is 0 Å². The molecule has 0 saturated heterocycles. The number of hydrogen-bond acceptors (Lipinski definition) is 1. The monoisotopic (exact) mass is 426 g/mol. The molecule has 0 unspecified atom stereocenters. The number of aromatic nitrogens is 2. The van der Waals surface area contributed by atoms with Crippen LogP contribution >= 0.6 is 0 Å². The van der Waals surface area contributed by atoms with Crippen molar-refractivity contribution in [1.29, 1.82) is 0 Å². The van der Waals surface area contributed by atoms with E-state index in [-0.39, 0.29) is 5.82 Å². The molecule has 0 bridgehead atoms. The molecule has 0 aliphatic heterocycles. The third-order valence-electron chi connectivity index (χ3n) is 4.67. The first-order chi connectivity index (χ1) is 11.1. The number of rotatable bonds is 9. The number of fused-ring (bicyclic) bond motifs is 1. The van der Waals surface area contributed by atoms with Crippen molar-refractivity contribution in [2.75, 3.05) is 0 Å². The van der Waals surface area contributed by atoms with Gasteiger partial charge >= 0.3 is 153 Å². The summed E-state index contributed by atoms with van der Waals surface area (Å²) in [6.07, 6.45) is 8.57. The van der Waals surface area contributed by atoms with Crippen LogP contribution in [0.1, 0.15) is 70.4 Å². The second kappa shape index (κ2) is 9.05. The number of nitrogens with zero attached hydrogens (tertiary/aromatic N) is 2. The van der Waals surface area contributed by atoms with Gasteiger partial charge in [-0.15, -0.1) is 0 Å². The Labute approximate surface area is 152 Å². The second-order valence-electron chi connectivity index (χ2n) is 6.58. The van der Waals surface area contributed by atoms with Crippen LogP contribution in [0.5, 0.6) is 0 Å². The molecule has 0 fully saturated rings. The molecule has 0 atom stereocenters. The Bertz CT molecular complexity index is 649. The fourth-order valence-electron chi connectivity index (χ4n) is 3.35. The van der Waals surface area contributed by atoms with Gasteiger partial charge in [-0.2, -0.15) is 0 Å². The Kier molecular flexibility index (Phi) is 7.38. The van der Waals surface area contributed by atoms with Crippen molar-refractivity contribution in [1.82, 2.24) is 9.78 Å². The summed E-state index contributed by atoms with van der Waals surface area (Å²) in [6, 6.07) is 1.76. The number of hydrogen-bond donors (Lipinski definition) is 0. The van der Waals surface area contributed by atoms with Crippen LogP contribution in [0.3, 0.4) is 0 Å². The molecular weight excluding hydrogens is 394 g/mol. The molecule has 0 aliphatic carbocycles. The molecular formula is C19H31FN2Sn. The van der Waals surface area contributed by atoms with Crippen LogP contribution < -0.4 is 3.71 Å². The normalized spacial score (nSPS) is 11.7. The van der Waals surface area contributed by atoms with Gasteiger partial charge in [0.25, 0.3) is 0 Å². The van der Waals surface area contributed by atoms with Crippen LogP contribution in [0, 0.1) is 5.82 Å². The van der Waals surface area contributed by atoms with E-state index in [9.17, 15) is 4.39 Å². The zero-order valence-corrected chi connectivity index (χ0v) is 20.9. The Morgan fingerprint density at radius 3 is 2.22 bits per heavy atom. The van der Waals surface area contributed by atoms with Crippen LogP contribution in [0.4, 0.5) is 4.39 Å². The Balaban J connectivity index is 2.57. The zero-order valence-electron chi connectivity index (χ0n) is 15.2. The predicted molar refractivity (Wildman–Crippen MR) is 101 cm³/mol. The van der Waals surface area contributed by atoms with E-state index < -0.39 is 0 Å². The maximum absolute atomic E-state index is 14.8. The van der Waals surface area contributed by atoms with Crippen LogP contribution in [-0.2, 0) is 19.4 Å². The number of halogens is 1. The summed E-state index contributed by atoms with van der Waals surface area (Å²) in [5, 5.41) is 6.11. The molecule has 23 heavy (non-hydrogen) atoms. The van der Waals surface area contributed by atoms with Crippen molar-refractivity contribution < 1.29 is 4.39 Å². The summed E-state index contributed by atoms with van der Waals surface area (Å²) >= 11 is 0.331. The molecule has 0 saturated carbocycles. The van der Waals surface area contributed by atoms with Crippen molar-refractivity contribution in [2.24, 2.45) is 0 Å². The topological polar surface area (TPSA) is 17.8 Å². The summed E-state index contributed by atoms with van der Waals surface area (Å²) in [5.74, 6) is -0.00935. The minimum atomic E-state index is -0.00935. The average Bonchev–Trinajstić information content (AvgIpc) is 2.85. The fraction of sp³-hybridized carbons (Fsp3) is 0.632. The fourth-order valence-corrected chi connectivity index (χ4v) is 5.63. The SMILES string of the molecule is CCCCc1c(F)cc2c([c]([SnH3])nn2CCCC)c1CCCC. The summed E-state index contributed by atoms with van der Waals surface area (Å²) in [7, 11) is 0. The standard InChI is InChI=1S/C19H28FN2.Sn.3H/c1-4-7-10-15-16(11-8-5-2)18(20)13-19-17(15)14-21-22(19)12-9-6-3;;;;/h13H,4-12H2,1-3H3;;;;. The third kappa shape index (κ3) is 4.28. The molecule has 0 N–H and O–H groups in total. The molecule has 2 nitrogen and oxygen atoms in total. The van der Waals surface area contributed by atoms with Gasteiger partial charge < -0.3 is 0 Å². The van der Waals surface area contributed by atoms with Gasteiger partial charge in [0.2, 0.25) is 0 Å². The predicted octanol–water partition coefficient (Wildman–Crippen LogP) is 3.65. The van der Waals surface area contributed by atoms with E-state index in [1.807, 2.05) is 0 Å². The van der Waals surface area contributed by atoms with E-state index >= 15 is 0 Å². The van der Waals surface area contributed by atoms with Crippen molar-refractivity contribution in [3.8, 4) is 0 Å². The van der Waals surface area contributed by atoms with Gasteiger partial charge in [0.1, 0.15) is 0 Å². The Hall–Kier alpha value is -0.581. The van der Waals surface area contributed by atoms with E-state index in [0.29, 0.717) is 22.5 Å². The summed E-state index contributed by atoms with van der Waals surface area (Å²) in [4.78, 5) is 0. The van der Waals surface area contributed by atoms with Crippen LogP contribution in [0.25, 0.3) is 10.9 Å². The van der Waals surface area contributed by atoms with Gasteiger partial charge in [-0.05, 0) is 0 Å². The van der Waals surface area contributed by atoms with Crippen molar-refractivity contribution in [3.05, 3.63) is 23.0 Å². The quantitative estimate of drug-likeness (QED) is 0.561. The molecule has 0 spiro atoms. The number of aryl methyl sites for hydroxylation is 2. The van der Waals surface area contributed by atoms with Gasteiger partial charge in [-0.1, -0.05) is 0 Å². The molecule has 2 aromatic rings. The van der Waals surface area contributed by atoms with Crippen molar-refractivity contribution >= 4 is 37.1 Å². The maximum atomic E-state index is 14.8. The Morgan fingerprint density at radius 1 is 1.00 bits per heavy atom. The molecule has 0 aliphatic rings. The molecule has 128 valence electrons. The van der Waals surface area contributed by atoms with E-state index in [2.05, 4.69) is 25.5 Å². The third-order valence-corrected chi connectivity index (χ3v) is 6.67. The Morgan fingerprint density at radius 2 is 1.61 bits per heavy atom. The molecule has 2 rings (SSSR count). The number of benzene rings is 1. The van der Waals surface area contributed by atoms with E-state index in [0.717, 1.165) is 69.0 Å². The molecule has 1 heterocycles. The van der Waals surface area contributed by atoms with Gasteiger partial charge in [-0.25, -0.2) is 0 Å². The summed E-state index contributed by atoms with van der Waals surface area (Å²) in [5.41, 5.74) is 3.28. The first kappa shape index (κ1) is 18.8. The summed E-state index contributed by atoms with van der Waals surface area (Å²) < 4.78 is 18.1. The van der Waals surface area contributed by atoms with E-state index in [1.54, 1.807) is 6.07 Å². The number of unbranched alkanes of at least 4 members (excludes halogenated alkanes) is 3. The van der Waals surface area contributed by atoms with E-state index in [4.69, 9.17) is 5.10 Å². The van der Waals surface area contributed by atoms with Crippen LogP contribution in [0.2, 0.25) is 0 Å². The molecule has 0 radical (unpaired) electrons. The van der Waals surface area contributed by atoms with Gasteiger partial charge in [0.15, 0.2) is 0 Å². The molecule has 0 amide bonds. The van der Waals surface area contributed by atoms with Crippen LogP contribution in [-0.4, -0.2) is 32.3 Å². The first-order valence-electron chi connectivity index (χ1n) is 9.31. The second-order valence-corrected chi connectivity index (χ2v) is 9.28. The summed E-state index contributed by atoms with van der Waals surface area (Å²) in [6.45, 7) is 7.48. The zero-order chi connectivity index (χ0) is 16.8. The van der Waals surface area contributed by atoms with E-state index in [1.165, 1.54) is 14.7 Å². The van der Waals surface area contributed by atoms with Gasteiger partial charge in [0, 0.05) is 0 Å². The molecule has 4 heteroatoms. The van der Waals surface area contributed by atoms with Crippen LogP contribution in [0.15, 0.2) is 6.07 Å². The van der Waals surface area contributed by atoms with Crippen molar-refractivity contribution in [3.63, 3.8) is 0 Å². The average molecular weight is 425 g/mol.